The van der Waals surface area contributed by atoms with Gasteiger partial charge in [-0.05, 0) is 34.9 Å². The van der Waals surface area contributed by atoms with Crippen LogP contribution in [0, 0.1) is 0 Å². The molecule has 0 aliphatic carbocycles. The first kappa shape index (κ1) is 17.0. The van der Waals surface area contributed by atoms with Crippen LogP contribution in [0.15, 0.2) is 96.0 Å². The van der Waals surface area contributed by atoms with Crippen molar-refractivity contribution in [3.63, 3.8) is 0 Å². The zero-order valence-corrected chi connectivity index (χ0v) is 15.4. The van der Waals surface area contributed by atoms with Crippen LogP contribution in [0.5, 0.6) is 0 Å². The van der Waals surface area contributed by atoms with Crippen molar-refractivity contribution in [3.8, 4) is 11.1 Å². The Hall–Kier alpha value is -3.39. The summed E-state index contributed by atoms with van der Waals surface area (Å²) in [5.74, 6) is 0. The lowest BCUT2D eigenvalue weighted by Gasteiger charge is -2.12. The largest absolute Gasteiger partial charge is 0.398 e. The quantitative estimate of drug-likeness (QED) is 0.359. The van der Waals surface area contributed by atoms with Crippen LogP contribution in [-0.4, -0.2) is 12.3 Å². The van der Waals surface area contributed by atoms with Gasteiger partial charge in [0.2, 0.25) is 0 Å². The van der Waals surface area contributed by atoms with Crippen molar-refractivity contribution >= 4 is 22.2 Å². The predicted molar refractivity (Wildman–Crippen MR) is 116 cm³/mol. The normalized spacial score (nSPS) is 11.7. The van der Waals surface area contributed by atoms with Crippen molar-refractivity contribution in [3.05, 3.63) is 102 Å². The minimum absolute atomic E-state index is 0.717. The number of nitrogen functional groups attached to an aromatic ring is 1. The molecule has 0 heterocycles. The first-order valence-electron chi connectivity index (χ1n) is 9.26. The number of anilines is 1. The Labute approximate surface area is 160 Å². The molecular formula is C25H22N2. The predicted octanol–water partition coefficient (Wildman–Crippen LogP) is 5.95. The third kappa shape index (κ3) is 3.34. The topological polar surface area (TPSA) is 38.4 Å². The highest BCUT2D eigenvalue weighted by Crippen LogP contribution is 2.29. The van der Waals surface area contributed by atoms with Crippen molar-refractivity contribution in [1.29, 1.82) is 0 Å². The molecule has 0 saturated carbocycles. The molecule has 0 radical (unpaired) electrons. The number of nitrogens with two attached hydrogens (primary N) is 1. The van der Waals surface area contributed by atoms with Gasteiger partial charge >= 0.3 is 0 Å². The summed E-state index contributed by atoms with van der Waals surface area (Å²) in [6.45, 7) is 2.76. The van der Waals surface area contributed by atoms with E-state index in [2.05, 4.69) is 66.7 Å². The highest BCUT2D eigenvalue weighted by atomic mass is 14.7. The third-order valence-electron chi connectivity index (χ3n) is 4.79. The van der Waals surface area contributed by atoms with Crippen molar-refractivity contribution in [2.24, 2.45) is 4.99 Å². The molecule has 0 fully saturated rings. The van der Waals surface area contributed by atoms with E-state index in [0.717, 1.165) is 29.1 Å². The van der Waals surface area contributed by atoms with E-state index in [1.807, 2.05) is 31.2 Å². The third-order valence-corrected chi connectivity index (χ3v) is 4.79. The van der Waals surface area contributed by atoms with E-state index in [0.29, 0.717) is 0 Å². The Morgan fingerprint density at radius 3 is 2.26 bits per heavy atom. The van der Waals surface area contributed by atoms with Gasteiger partial charge in [0.25, 0.3) is 0 Å². The first-order chi connectivity index (χ1) is 13.3. The average molecular weight is 350 g/mol. The van der Waals surface area contributed by atoms with Crippen LogP contribution in [-0.2, 0) is 0 Å². The number of benzene rings is 4. The van der Waals surface area contributed by atoms with Gasteiger partial charge in [0.15, 0.2) is 0 Å². The minimum Gasteiger partial charge on any atom is -0.398 e. The van der Waals surface area contributed by atoms with E-state index >= 15 is 0 Å². The van der Waals surface area contributed by atoms with Gasteiger partial charge in [0, 0.05) is 23.4 Å². The van der Waals surface area contributed by atoms with Gasteiger partial charge in [-0.25, -0.2) is 0 Å². The number of rotatable bonds is 4. The number of para-hydroxylation sites is 1. The molecular weight excluding hydrogens is 328 g/mol. The maximum absolute atomic E-state index is 6.19. The van der Waals surface area contributed by atoms with Crippen LogP contribution < -0.4 is 5.73 Å². The van der Waals surface area contributed by atoms with Crippen LogP contribution >= 0.6 is 0 Å². The molecule has 2 N–H and O–H groups in total. The minimum atomic E-state index is 0.717. The van der Waals surface area contributed by atoms with E-state index in [4.69, 9.17) is 10.7 Å². The maximum Gasteiger partial charge on any atom is 0.0739 e. The van der Waals surface area contributed by atoms with Crippen molar-refractivity contribution in [1.82, 2.24) is 0 Å². The summed E-state index contributed by atoms with van der Waals surface area (Å²) in [5, 5.41) is 2.52. The van der Waals surface area contributed by atoms with Gasteiger partial charge in [-0.3, -0.25) is 4.99 Å². The highest BCUT2D eigenvalue weighted by molar-refractivity contribution is 6.15. The van der Waals surface area contributed by atoms with Gasteiger partial charge in [0.05, 0.1) is 5.71 Å². The molecule has 0 unspecified atom stereocenters. The molecule has 0 aromatic heterocycles. The number of aliphatic imine (C=N–C) groups is 1. The Balaban J connectivity index is 1.77. The Morgan fingerprint density at radius 2 is 1.48 bits per heavy atom. The molecule has 4 aromatic carbocycles. The fraction of sp³-hybridized carbons (Fsp3) is 0.0800. The van der Waals surface area contributed by atoms with Gasteiger partial charge in [-0.15, -0.1) is 0 Å². The van der Waals surface area contributed by atoms with E-state index < -0.39 is 0 Å². The highest BCUT2D eigenvalue weighted by Gasteiger charge is 2.10. The summed E-state index contributed by atoms with van der Waals surface area (Å²) in [6.07, 6.45) is 0. The summed E-state index contributed by atoms with van der Waals surface area (Å²) in [6, 6.07) is 31.4. The fourth-order valence-electron chi connectivity index (χ4n) is 3.49. The van der Waals surface area contributed by atoms with Gasteiger partial charge in [-0.1, -0.05) is 84.9 Å². The molecule has 4 rings (SSSR count). The lowest BCUT2D eigenvalue weighted by atomic mass is 9.95. The van der Waals surface area contributed by atoms with E-state index in [1.54, 1.807) is 0 Å². The van der Waals surface area contributed by atoms with Crippen molar-refractivity contribution in [2.75, 3.05) is 12.3 Å². The van der Waals surface area contributed by atoms with E-state index in [1.165, 1.54) is 21.9 Å². The summed E-state index contributed by atoms with van der Waals surface area (Å²) < 4.78 is 0. The molecule has 0 aliphatic heterocycles. The van der Waals surface area contributed by atoms with E-state index in [-0.39, 0.29) is 0 Å². The van der Waals surface area contributed by atoms with E-state index in [9.17, 15) is 0 Å². The van der Waals surface area contributed by atoms with Crippen LogP contribution in [0.4, 0.5) is 5.69 Å². The monoisotopic (exact) mass is 350 g/mol. The standard InChI is InChI=1S/C25H22N2/c1-2-27-25(23-11-5-6-13-24(23)26)20-16-14-19(15-17-20)22-12-7-9-18-8-3-4-10-21(18)22/h3-17H,2,26H2,1H3. The molecule has 0 aliphatic rings. The molecule has 27 heavy (non-hydrogen) atoms. The lowest BCUT2D eigenvalue weighted by molar-refractivity contribution is 1.13. The van der Waals surface area contributed by atoms with Crippen molar-refractivity contribution in [2.45, 2.75) is 6.92 Å². The lowest BCUT2D eigenvalue weighted by Crippen LogP contribution is -2.07. The maximum atomic E-state index is 6.19. The van der Waals surface area contributed by atoms with Gasteiger partial charge < -0.3 is 5.73 Å². The molecule has 0 spiro atoms. The molecule has 0 amide bonds. The molecule has 132 valence electrons. The van der Waals surface area contributed by atoms with Crippen LogP contribution in [0.3, 0.4) is 0 Å². The number of hydrogen-bond donors (Lipinski definition) is 1. The SMILES string of the molecule is CCN=C(c1ccc(-c2cccc3ccccc23)cc1)c1ccccc1N. The fourth-order valence-corrected chi connectivity index (χ4v) is 3.49. The summed E-state index contributed by atoms with van der Waals surface area (Å²) in [7, 11) is 0. The zero-order valence-electron chi connectivity index (χ0n) is 15.4. The molecule has 2 nitrogen and oxygen atoms in total. The zero-order chi connectivity index (χ0) is 18.6. The number of fused-ring (bicyclic) bond motifs is 1. The Kier molecular flexibility index (Phi) is 4.71. The number of hydrogen-bond acceptors (Lipinski definition) is 2. The molecule has 2 heteroatoms. The van der Waals surface area contributed by atoms with Crippen LogP contribution in [0.1, 0.15) is 18.1 Å². The second-order valence-corrected chi connectivity index (χ2v) is 6.51. The second-order valence-electron chi connectivity index (χ2n) is 6.51. The van der Waals surface area contributed by atoms with Crippen molar-refractivity contribution < 1.29 is 0 Å². The second kappa shape index (κ2) is 7.46. The summed E-state index contributed by atoms with van der Waals surface area (Å²) in [4.78, 5) is 4.71. The molecule has 0 saturated heterocycles. The average Bonchev–Trinajstić information content (AvgIpc) is 2.72. The van der Waals surface area contributed by atoms with Gasteiger partial charge in [-0.2, -0.15) is 0 Å². The number of nitrogens with zero attached hydrogens (tertiary/aromatic N) is 1. The Bertz CT molecular complexity index is 1100. The van der Waals surface area contributed by atoms with Gasteiger partial charge in [0.1, 0.15) is 0 Å². The Morgan fingerprint density at radius 1 is 0.778 bits per heavy atom. The molecule has 4 aromatic rings. The van der Waals surface area contributed by atoms with Crippen LogP contribution in [0.25, 0.3) is 21.9 Å². The smallest absolute Gasteiger partial charge is 0.0739 e. The van der Waals surface area contributed by atoms with Crippen LogP contribution in [0.2, 0.25) is 0 Å². The molecule has 0 bridgehead atoms. The summed E-state index contributed by atoms with van der Waals surface area (Å²) in [5.41, 5.74) is 12.4. The first-order valence-corrected chi connectivity index (χ1v) is 9.26. The summed E-state index contributed by atoms with van der Waals surface area (Å²) >= 11 is 0. The molecule has 0 atom stereocenters.